The average Bonchev–Trinajstić information content (AvgIpc) is 2.43. The molecular weight excluding hydrogens is 318 g/mol. The Balaban J connectivity index is 1.96. The maximum absolute atomic E-state index is 5.89. The minimum atomic E-state index is 0.741. The lowest BCUT2D eigenvalue weighted by Gasteiger charge is -2.36. The highest BCUT2D eigenvalue weighted by Gasteiger charge is 2.20. The molecule has 5 nitrogen and oxygen atoms in total. The van der Waals surface area contributed by atoms with Crippen molar-refractivity contribution in [2.75, 3.05) is 64.0 Å². The van der Waals surface area contributed by atoms with Crippen LogP contribution in [-0.4, -0.2) is 68.1 Å². The summed E-state index contributed by atoms with van der Waals surface area (Å²) in [7, 11) is 4.24. The van der Waals surface area contributed by atoms with E-state index in [0.717, 1.165) is 60.8 Å². The molecule has 0 unspecified atom stereocenters. The van der Waals surface area contributed by atoms with Gasteiger partial charge in [-0.15, -0.1) is 0 Å². The molecule has 0 spiro atoms. The number of pyridine rings is 1. The minimum Gasteiger partial charge on any atom is -0.397 e. The second-order valence-electron chi connectivity index (χ2n) is 5.61. The monoisotopic (exact) mass is 341 g/mol. The molecule has 0 amide bonds. The Labute approximate surface area is 129 Å². The third-order valence-electron chi connectivity index (χ3n) is 3.82. The molecule has 2 rings (SSSR count). The van der Waals surface area contributed by atoms with Gasteiger partial charge in [0.25, 0.3) is 0 Å². The fourth-order valence-corrected chi connectivity index (χ4v) is 2.91. The molecule has 1 aliphatic rings. The number of aromatic nitrogens is 1. The fraction of sp³-hybridized carbons (Fsp3) is 0.643. The van der Waals surface area contributed by atoms with Crippen LogP contribution in [0.2, 0.25) is 0 Å². The molecule has 0 aliphatic carbocycles. The van der Waals surface area contributed by atoms with Gasteiger partial charge in [0.15, 0.2) is 0 Å². The molecule has 1 saturated heterocycles. The van der Waals surface area contributed by atoms with Crippen molar-refractivity contribution in [3.63, 3.8) is 0 Å². The number of nitrogens with two attached hydrogens (primary N) is 1. The van der Waals surface area contributed by atoms with Crippen LogP contribution in [0.1, 0.15) is 5.56 Å². The smallest absolute Gasteiger partial charge is 0.143 e. The fourth-order valence-electron chi connectivity index (χ4n) is 2.32. The van der Waals surface area contributed by atoms with Crippen LogP contribution in [0.5, 0.6) is 0 Å². The molecule has 0 radical (unpaired) electrons. The number of likely N-dealkylation sites (N-methyl/N-ethyl adjacent to an activating group) is 1. The van der Waals surface area contributed by atoms with Crippen LogP contribution >= 0.6 is 15.9 Å². The van der Waals surface area contributed by atoms with Crippen molar-refractivity contribution in [2.24, 2.45) is 0 Å². The van der Waals surface area contributed by atoms with E-state index in [1.807, 2.05) is 6.92 Å². The normalized spacial score (nSPS) is 16.9. The number of nitrogens with zero attached hydrogens (tertiary/aromatic N) is 4. The number of hydrogen-bond acceptors (Lipinski definition) is 5. The molecule has 1 aliphatic heterocycles. The molecule has 112 valence electrons. The van der Waals surface area contributed by atoms with E-state index in [1.165, 1.54) is 0 Å². The van der Waals surface area contributed by atoms with Gasteiger partial charge in [-0.1, -0.05) is 0 Å². The van der Waals surface area contributed by atoms with Crippen molar-refractivity contribution in [1.82, 2.24) is 14.8 Å². The first-order valence-corrected chi connectivity index (χ1v) is 7.81. The van der Waals surface area contributed by atoms with Crippen LogP contribution in [0, 0.1) is 6.92 Å². The second-order valence-corrected chi connectivity index (χ2v) is 6.40. The predicted molar refractivity (Wildman–Crippen MR) is 88.3 cm³/mol. The number of hydrogen-bond donors (Lipinski definition) is 1. The second kappa shape index (κ2) is 6.74. The van der Waals surface area contributed by atoms with E-state index in [-0.39, 0.29) is 0 Å². The Morgan fingerprint density at radius 3 is 2.55 bits per heavy atom. The Bertz CT molecular complexity index is 455. The number of nitrogen functional groups attached to an aromatic ring is 1. The van der Waals surface area contributed by atoms with Gasteiger partial charge >= 0.3 is 0 Å². The largest absolute Gasteiger partial charge is 0.397 e. The lowest BCUT2D eigenvalue weighted by Crippen LogP contribution is -2.48. The van der Waals surface area contributed by atoms with Gasteiger partial charge in [-0.2, -0.15) is 0 Å². The highest BCUT2D eigenvalue weighted by molar-refractivity contribution is 9.10. The Morgan fingerprint density at radius 1 is 1.30 bits per heavy atom. The Hall–Kier alpha value is -0.850. The third kappa shape index (κ3) is 3.62. The van der Waals surface area contributed by atoms with Gasteiger partial charge in [-0.25, -0.2) is 4.98 Å². The number of anilines is 2. The van der Waals surface area contributed by atoms with E-state index >= 15 is 0 Å². The lowest BCUT2D eigenvalue weighted by atomic mass is 10.2. The van der Waals surface area contributed by atoms with Gasteiger partial charge < -0.3 is 15.5 Å². The van der Waals surface area contributed by atoms with E-state index in [0.29, 0.717) is 0 Å². The summed E-state index contributed by atoms with van der Waals surface area (Å²) in [6.07, 6.45) is 1.76. The van der Waals surface area contributed by atoms with Crippen molar-refractivity contribution in [2.45, 2.75) is 6.92 Å². The standard InChI is InChI=1S/C14H24BrN5/c1-11-12(16)10-17-14(13(11)15)20-8-6-19(7-9-20)5-4-18(2)3/h10H,4-9,16H2,1-3H3. The first-order chi connectivity index (χ1) is 9.49. The van der Waals surface area contributed by atoms with Crippen molar-refractivity contribution in [3.05, 3.63) is 16.2 Å². The SMILES string of the molecule is Cc1c(N)cnc(N2CCN(CCN(C)C)CC2)c1Br. The van der Waals surface area contributed by atoms with Gasteiger partial charge in [0.05, 0.1) is 16.4 Å². The molecule has 6 heteroatoms. The molecule has 0 bridgehead atoms. The molecule has 20 heavy (non-hydrogen) atoms. The Kier molecular flexibility index (Phi) is 5.23. The molecule has 0 saturated carbocycles. The summed E-state index contributed by atoms with van der Waals surface area (Å²) in [5.74, 6) is 1.02. The summed E-state index contributed by atoms with van der Waals surface area (Å²) in [6, 6.07) is 0. The lowest BCUT2D eigenvalue weighted by molar-refractivity contribution is 0.229. The molecule has 0 atom stereocenters. The summed E-state index contributed by atoms with van der Waals surface area (Å²) in [5, 5.41) is 0. The van der Waals surface area contributed by atoms with Gasteiger partial charge in [0.2, 0.25) is 0 Å². The van der Waals surface area contributed by atoms with Gasteiger partial charge in [-0.05, 0) is 42.5 Å². The molecule has 2 heterocycles. The minimum absolute atomic E-state index is 0.741. The van der Waals surface area contributed by atoms with Crippen LogP contribution in [0.3, 0.4) is 0 Å². The van der Waals surface area contributed by atoms with Crippen molar-refractivity contribution in [1.29, 1.82) is 0 Å². The number of halogens is 1. The van der Waals surface area contributed by atoms with Crippen LogP contribution in [0.15, 0.2) is 10.7 Å². The third-order valence-corrected chi connectivity index (χ3v) is 4.77. The van der Waals surface area contributed by atoms with Crippen molar-refractivity contribution in [3.8, 4) is 0 Å². The number of rotatable bonds is 4. The van der Waals surface area contributed by atoms with Crippen LogP contribution < -0.4 is 10.6 Å². The van der Waals surface area contributed by atoms with Gasteiger partial charge in [0.1, 0.15) is 5.82 Å². The molecule has 1 fully saturated rings. The summed E-state index contributed by atoms with van der Waals surface area (Å²) in [4.78, 5) is 11.6. The maximum atomic E-state index is 5.89. The molecule has 0 aromatic carbocycles. The summed E-state index contributed by atoms with van der Waals surface area (Å²) < 4.78 is 1.03. The Morgan fingerprint density at radius 2 is 1.95 bits per heavy atom. The summed E-state index contributed by atoms with van der Waals surface area (Å²) in [5.41, 5.74) is 7.70. The van der Waals surface area contributed by atoms with Gasteiger partial charge in [-0.3, -0.25) is 4.90 Å². The zero-order chi connectivity index (χ0) is 14.7. The molecular formula is C14H24BrN5. The van der Waals surface area contributed by atoms with E-state index < -0.39 is 0 Å². The van der Waals surface area contributed by atoms with Gasteiger partial charge in [0, 0.05) is 39.3 Å². The molecule has 1 aromatic rings. The highest BCUT2D eigenvalue weighted by atomic mass is 79.9. The van der Waals surface area contributed by atoms with Crippen molar-refractivity contribution >= 4 is 27.4 Å². The molecule has 2 N–H and O–H groups in total. The zero-order valence-electron chi connectivity index (χ0n) is 12.6. The topological polar surface area (TPSA) is 48.6 Å². The van der Waals surface area contributed by atoms with Crippen LogP contribution in [0.25, 0.3) is 0 Å². The predicted octanol–water partition coefficient (Wildman–Crippen LogP) is 1.42. The van der Waals surface area contributed by atoms with Crippen LogP contribution in [-0.2, 0) is 0 Å². The quantitative estimate of drug-likeness (QED) is 0.897. The summed E-state index contributed by atoms with van der Waals surface area (Å²) >= 11 is 3.63. The van der Waals surface area contributed by atoms with E-state index in [9.17, 15) is 0 Å². The molecule has 1 aromatic heterocycles. The van der Waals surface area contributed by atoms with E-state index in [1.54, 1.807) is 6.20 Å². The number of piperazine rings is 1. The van der Waals surface area contributed by atoms with E-state index in [2.05, 4.69) is 49.7 Å². The zero-order valence-corrected chi connectivity index (χ0v) is 14.2. The van der Waals surface area contributed by atoms with Crippen molar-refractivity contribution < 1.29 is 0 Å². The first kappa shape index (κ1) is 15.5. The average molecular weight is 342 g/mol. The van der Waals surface area contributed by atoms with E-state index in [4.69, 9.17) is 5.73 Å². The maximum Gasteiger partial charge on any atom is 0.143 e. The first-order valence-electron chi connectivity index (χ1n) is 7.01. The highest BCUT2D eigenvalue weighted by Crippen LogP contribution is 2.30. The summed E-state index contributed by atoms with van der Waals surface area (Å²) in [6.45, 7) is 8.48. The van der Waals surface area contributed by atoms with Crippen LogP contribution in [0.4, 0.5) is 11.5 Å².